The second-order valence-corrected chi connectivity index (χ2v) is 18.2. The molecule has 4 amide bonds. The molecule has 7 rings (SSSR count). The monoisotopic (exact) mass is 963 g/mol. The number of fused-ring (bicyclic) bond motifs is 1. The lowest BCUT2D eigenvalue weighted by atomic mass is 9.85. The third-order valence-electron chi connectivity index (χ3n) is 11.2. The summed E-state index contributed by atoms with van der Waals surface area (Å²) in [6.07, 6.45) is 2.76. The van der Waals surface area contributed by atoms with Crippen molar-refractivity contribution in [3.63, 3.8) is 0 Å². The minimum atomic E-state index is -0.822. The molecule has 0 bridgehead atoms. The molecule has 5 heterocycles. The van der Waals surface area contributed by atoms with E-state index in [2.05, 4.69) is 36.0 Å². The van der Waals surface area contributed by atoms with Crippen LogP contribution in [0.15, 0.2) is 87.6 Å². The van der Waals surface area contributed by atoms with Crippen LogP contribution in [0.1, 0.15) is 61.8 Å². The Bertz CT molecular complexity index is 2770. The molecule has 2 atom stereocenters. The molecule has 19 nitrogen and oxygen atoms in total. The standard InChI is InChI=1S/C49H57N9O10S/c1-31-43(69-30-52-31)33-10-8-32(9-11-33)28-51-46(62)39-7-6-19-58(39)48(63)44(49(2,3)4)55-41(59)18-20-64-21-22-65-23-24-66-25-26-67-35-13-14-36(50-29-35)45(61)53-34-12-16-40-38(27-34)54-47(68-40)37-15-17-42(60)57(5)56-37/h8-17,27,29-30,39,44H,6-7,18-26,28H2,1-5H3,(H,51,62)(H,53,61)(H,55,59)/t39-,44+/m0/s1. The molecule has 3 N–H and O–H groups in total. The molecule has 0 spiro atoms. The van der Waals surface area contributed by atoms with E-state index in [1.165, 1.54) is 30.1 Å². The Kier molecular flexibility index (Phi) is 17.0. The molecule has 0 saturated carbocycles. The smallest absolute Gasteiger partial charge is 0.274 e. The van der Waals surface area contributed by atoms with Crippen LogP contribution in [0.5, 0.6) is 5.75 Å². The molecule has 1 aliphatic rings. The number of amides is 4. The summed E-state index contributed by atoms with van der Waals surface area (Å²) in [5, 5.41) is 12.9. The largest absolute Gasteiger partial charge is 0.490 e. The van der Waals surface area contributed by atoms with Crippen LogP contribution in [0, 0.1) is 12.3 Å². The van der Waals surface area contributed by atoms with Gasteiger partial charge in [-0.1, -0.05) is 45.0 Å². The molecule has 69 heavy (non-hydrogen) atoms. The number of hydrogen-bond donors (Lipinski definition) is 3. The highest BCUT2D eigenvalue weighted by Gasteiger charge is 2.41. The van der Waals surface area contributed by atoms with Crippen molar-refractivity contribution in [1.82, 2.24) is 40.3 Å². The van der Waals surface area contributed by atoms with Gasteiger partial charge < -0.3 is 44.2 Å². The Balaban J connectivity index is 0.728. The van der Waals surface area contributed by atoms with E-state index in [1.807, 2.05) is 57.5 Å². The van der Waals surface area contributed by atoms with E-state index in [9.17, 15) is 24.0 Å². The summed E-state index contributed by atoms with van der Waals surface area (Å²) in [5.41, 5.74) is 6.07. The molecular weight excluding hydrogens is 907 g/mol. The molecule has 1 saturated heterocycles. The summed E-state index contributed by atoms with van der Waals surface area (Å²) < 4.78 is 29.4. The molecule has 20 heteroatoms. The summed E-state index contributed by atoms with van der Waals surface area (Å²) in [7, 11) is 1.54. The second kappa shape index (κ2) is 23.4. The number of anilines is 1. The average Bonchev–Trinajstić information content (AvgIpc) is 4.11. The second-order valence-electron chi connectivity index (χ2n) is 17.4. The number of rotatable bonds is 22. The Morgan fingerprint density at radius 1 is 0.899 bits per heavy atom. The van der Waals surface area contributed by atoms with Gasteiger partial charge in [0.15, 0.2) is 5.58 Å². The van der Waals surface area contributed by atoms with Crippen LogP contribution in [0.4, 0.5) is 5.69 Å². The number of ether oxygens (including phenoxy) is 4. The van der Waals surface area contributed by atoms with Gasteiger partial charge >= 0.3 is 0 Å². The number of nitrogens with zero attached hydrogens (tertiary/aromatic N) is 6. The van der Waals surface area contributed by atoms with Crippen LogP contribution >= 0.6 is 11.3 Å². The van der Waals surface area contributed by atoms with Crippen molar-refractivity contribution in [3.8, 4) is 27.8 Å². The number of carbonyl (C=O) groups excluding carboxylic acids is 4. The SMILES string of the molecule is Cc1ncsc1-c1ccc(CNC(=O)[C@@H]2CCCN2C(=O)[C@@H](NC(=O)CCOCCOCCOCCOc2ccc(C(=O)Nc3ccc4oc(-c5ccc(=O)n(C)n5)nc4c3)nc2)C(C)(C)C)cc1. The Morgan fingerprint density at radius 2 is 1.64 bits per heavy atom. The zero-order valence-electron chi connectivity index (χ0n) is 39.3. The van der Waals surface area contributed by atoms with E-state index in [1.54, 1.807) is 46.6 Å². The van der Waals surface area contributed by atoms with Gasteiger partial charge in [-0.05, 0) is 72.7 Å². The molecule has 1 fully saturated rings. The van der Waals surface area contributed by atoms with E-state index in [4.69, 9.17) is 23.4 Å². The fraction of sp³-hybridized carbons (Fsp3) is 0.408. The first kappa shape index (κ1) is 50.0. The molecule has 1 aliphatic heterocycles. The van der Waals surface area contributed by atoms with E-state index >= 15 is 0 Å². The highest BCUT2D eigenvalue weighted by molar-refractivity contribution is 7.13. The van der Waals surface area contributed by atoms with Gasteiger partial charge in [0.2, 0.25) is 23.6 Å². The average molecular weight is 964 g/mol. The Labute approximate surface area is 402 Å². The van der Waals surface area contributed by atoms with Crippen molar-refractivity contribution in [2.45, 2.75) is 65.6 Å². The fourth-order valence-electron chi connectivity index (χ4n) is 7.46. The van der Waals surface area contributed by atoms with E-state index in [-0.39, 0.29) is 61.1 Å². The lowest BCUT2D eigenvalue weighted by molar-refractivity contribution is -0.144. The van der Waals surface area contributed by atoms with Crippen LogP contribution in [0.3, 0.4) is 0 Å². The van der Waals surface area contributed by atoms with E-state index in [0.717, 1.165) is 21.7 Å². The number of pyridine rings is 1. The van der Waals surface area contributed by atoms with Gasteiger partial charge in [-0.15, -0.1) is 11.3 Å². The van der Waals surface area contributed by atoms with Crippen LogP contribution in [-0.2, 0) is 42.2 Å². The maximum Gasteiger partial charge on any atom is 0.274 e. The van der Waals surface area contributed by atoms with Crippen molar-refractivity contribution in [1.29, 1.82) is 0 Å². The number of aromatic nitrogens is 5. The predicted molar refractivity (Wildman–Crippen MR) is 257 cm³/mol. The maximum atomic E-state index is 13.9. The van der Waals surface area contributed by atoms with Crippen molar-refractivity contribution in [2.24, 2.45) is 12.5 Å². The van der Waals surface area contributed by atoms with Gasteiger partial charge in [-0.3, -0.25) is 24.0 Å². The minimum absolute atomic E-state index is 0.0581. The fourth-order valence-corrected chi connectivity index (χ4v) is 8.27. The quantitative estimate of drug-likeness (QED) is 0.0732. The lowest BCUT2D eigenvalue weighted by Crippen LogP contribution is -2.57. The van der Waals surface area contributed by atoms with Crippen molar-refractivity contribution in [2.75, 3.05) is 58.1 Å². The number of oxazole rings is 1. The topological polar surface area (TPSA) is 231 Å². The Morgan fingerprint density at radius 3 is 2.32 bits per heavy atom. The van der Waals surface area contributed by atoms with E-state index < -0.39 is 23.4 Å². The molecule has 2 aromatic carbocycles. The first-order valence-electron chi connectivity index (χ1n) is 22.7. The molecular formula is C49H57N9O10S. The summed E-state index contributed by atoms with van der Waals surface area (Å²) in [5.74, 6) is -0.507. The van der Waals surface area contributed by atoms with Crippen LogP contribution in [-0.4, -0.2) is 118 Å². The normalized spacial score (nSPS) is 14.2. The third-order valence-corrected chi connectivity index (χ3v) is 12.2. The molecule has 364 valence electrons. The molecule has 6 aromatic rings. The predicted octanol–water partition coefficient (Wildman–Crippen LogP) is 5.32. The number of likely N-dealkylation sites (tertiary alicyclic amines) is 1. The number of aryl methyl sites for hydroxylation is 2. The number of carbonyl (C=O) groups is 4. The summed E-state index contributed by atoms with van der Waals surface area (Å²) in [6, 6.07) is 17.7. The molecule has 0 unspecified atom stereocenters. The number of thiazole rings is 1. The lowest BCUT2D eigenvalue weighted by Gasteiger charge is -2.35. The molecule has 0 aliphatic carbocycles. The minimum Gasteiger partial charge on any atom is -0.490 e. The number of nitrogens with one attached hydrogen (secondary N) is 3. The van der Waals surface area contributed by atoms with Gasteiger partial charge in [0.05, 0.1) is 61.9 Å². The van der Waals surface area contributed by atoms with Crippen LogP contribution in [0.25, 0.3) is 33.1 Å². The number of benzene rings is 2. The van der Waals surface area contributed by atoms with Crippen LogP contribution < -0.4 is 26.2 Å². The van der Waals surface area contributed by atoms with Gasteiger partial charge in [-0.25, -0.2) is 19.6 Å². The maximum absolute atomic E-state index is 13.9. The summed E-state index contributed by atoms with van der Waals surface area (Å²) in [4.78, 5) is 80.5. The van der Waals surface area contributed by atoms with Gasteiger partial charge in [0.25, 0.3) is 11.5 Å². The Hall–Kier alpha value is -6.87. The van der Waals surface area contributed by atoms with Crippen LogP contribution in [0.2, 0.25) is 0 Å². The third kappa shape index (κ3) is 13.7. The van der Waals surface area contributed by atoms with Crippen molar-refractivity contribution >= 4 is 51.8 Å². The van der Waals surface area contributed by atoms with Gasteiger partial charge in [-0.2, -0.15) is 5.10 Å². The molecule has 0 radical (unpaired) electrons. The highest BCUT2D eigenvalue weighted by Crippen LogP contribution is 2.29. The molecule has 4 aromatic heterocycles. The zero-order chi connectivity index (χ0) is 48.9. The van der Waals surface area contributed by atoms with Crippen molar-refractivity contribution < 1.29 is 42.5 Å². The van der Waals surface area contributed by atoms with Gasteiger partial charge in [0, 0.05) is 38.3 Å². The highest BCUT2D eigenvalue weighted by atomic mass is 32.1. The summed E-state index contributed by atoms with van der Waals surface area (Å²) in [6.45, 7) is 10.4. The van der Waals surface area contributed by atoms with Gasteiger partial charge in [0.1, 0.15) is 41.3 Å². The first-order chi connectivity index (χ1) is 33.2. The summed E-state index contributed by atoms with van der Waals surface area (Å²) >= 11 is 1.59. The zero-order valence-corrected chi connectivity index (χ0v) is 40.1. The first-order valence-corrected chi connectivity index (χ1v) is 23.6. The number of hydrogen-bond acceptors (Lipinski definition) is 15. The van der Waals surface area contributed by atoms with E-state index in [0.29, 0.717) is 80.6 Å². The van der Waals surface area contributed by atoms with Crippen molar-refractivity contribution in [3.05, 3.63) is 106 Å².